The molecule has 0 aliphatic rings. The van der Waals surface area contributed by atoms with Gasteiger partial charge in [-0.2, -0.15) is 5.10 Å². The summed E-state index contributed by atoms with van der Waals surface area (Å²) >= 11 is 3.19. The van der Waals surface area contributed by atoms with Gasteiger partial charge in [-0.3, -0.25) is 14.2 Å². The van der Waals surface area contributed by atoms with Crippen LogP contribution in [0.1, 0.15) is 6.42 Å². The first-order valence-corrected chi connectivity index (χ1v) is 8.04. The van der Waals surface area contributed by atoms with Crippen LogP contribution in [-0.4, -0.2) is 34.3 Å². The minimum atomic E-state index is -3.83. The van der Waals surface area contributed by atoms with E-state index in [1.54, 1.807) is 12.1 Å². The average molecular weight is 375 g/mol. The van der Waals surface area contributed by atoms with Crippen LogP contribution in [0.2, 0.25) is 0 Å². The smallest absolute Gasteiger partial charge is 0.305 e. The van der Waals surface area contributed by atoms with Crippen molar-refractivity contribution < 1.29 is 18.3 Å². The largest absolute Gasteiger partial charge is 0.481 e. The molecular weight excluding hydrogens is 364 g/mol. The van der Waals surface area contributed by atoms with Crippen LogP contribution < -0.4 is 4.72 Å². The first-order chi connectivity index (χ1) is 9.88. The average Bonchev–Trinajstić information content (AvgIpc) is 2.88. The number of hydrogen-bond acceptors (Lipinski definition) is 5. The zero-order valence-corrected chi connectivity index (χ0v) is 13.0. The van der Waals surface area contributed by atoms with E-state index in [0.717, 1.165) is 6.20 Å². The molecule has 0 fully saturated rings. The number of halogens is 1. The second-order valence-electron chi connectivity index (χ2n) is 4.02. The van der Waals surface area contributed by atoms with E-state index in [4.69, 9.17) is 5.11 Å². The molecule has 2 rings (SSSR count). The molecule has 10 heteroatoms. The lowest BCUT2D eigenvalue weighted by Gasteiger charge is -2.06. The van der Waals surface area contributed by atoms with Gasteiger partial charge in [-0.1, -0.05) is 0 Å². The summed E-state index contributed by atoms with van der Waals surface area (Å²) in [6.45, 7) is 0.0954. The molecule has 0 unspecified atom stereocenters. The quantitative estimate of drug-likeness (QED) is 0.787. The van der Waals surface area contributed by atoms with Crippen molar-refractivity contribution in [2.75, 3.05) is 4.72 Å². The van der Waals surface area contributed by atoms with Gasteiger partial charge in [0.25, 0.3) is 10.0 Å². The Morgan fingerprint density at radius 1 is 1.48 bits per heavy atom. The molecule has 0 saturated heterocycles. The van der Waals surface area contributed by atoms with Crippen molar-refractivity contribution in [3.05, 3.63) is 35.2 Å². The van der Waals surface area contributed by atoms with Gasteiger partial charge in [-0.15, -0.1) is 0 Å². The van der Waals surface area contributed by atoms with Crippen molar-refractivity contribution in [3.8, 4) is 0 Å². The summed E-state index contributed by atoms with van der Waals surface area (Å²) in [7, 11) is -3.83. The third kappa shape index (κ3) is 4.02. The molecule has 0 amide bonds. The molecule has 0 saturated carbocycles. The molecule has 112 valence electrons. The highest BCUT2D eigenvalue weighted by Crippen LogP contribution is 2.21. The lowest BCUT2D eigenvalue weighted by molar-refractivity contribution is -0.137. The molecular formula is C11H11BrN4O4S. The monoisotopic (exact) mass is 374 g/mol. The van der Waals surface area contributed by atoms with E-state index in [1.165, 1.54) is 17.1 Å². The van der Waals surface area contributed by atoms with Crippen LogP contribution in [0, 0.1) is 0 Å². The molecule has 2 heterocycles. The van der Waals surface area contributed by atoms with E-state index in [2.05, 4.69) is 30.7 Å². The Kier molecular flexibility index (Phi) is 4.58. The number of nitrogens with zero attached hydrogens (tertiary/aromatic N) is 3. The maximum Gasteiger partial charge on any atom is 0.305 e. The number of carbonyl (C=O) groups is 1. The molecule has 0 bridgehead atoms. The molecule has 0 radical (unpaired) electrons. The van der Waals surface area contributed by atoms with Crippen LogP contribution in [-0.2, 0) is 21.4 Å². The van der Waals surface area contributed by atoms with Crippen LogP contribution in [0.25, 0.3) is 0 Å². The molecule has 0 aromatic carbocycles. The highest BCUT2D eigenvalue weighted by Gasteiger charge is 2.18. The zero-order chi connectivity index (χ0) is 15.5. The van der Waals surface area contributed by atoms with E-state index >= 15 is 0 Å². The number of rotatable bonds is 6. The Bertz CT molecular complexity index is 759. The maximum absolute atomic E-state index is 12.2. The number of anilines is 1. The maximum atomic E-state index is 12.2. The van der Waals surface area contributed by atoms with Gasteiger partial charge in [0.15, 0.2) is 5.82 Å². The SMILES string of the molecule is O=C(O)CCn1cc(S(=O)(=O)Nc2ncccc2Br)cn1. The number of carboxylic acids is 1. The molecule has 0 aliphatic carbocycles. The first-order valence-electron chi connectivity index (χ1n) is 5.76. The predicted octanol–water partition coefficient (Wildman–Crippen LogP) is 1.32. The summed E-state index contributed by atoms with van der Waals surface area (Å²) in [5, 5.41) is 12.4. The van der Waals surface area contributed by atoms with Crippen LogP contribution in [0.5, 0.6) is 0 Å². The highest BCUT2D eigenvalue weighted by molar-refractivity contribution is 9.10. The number of aliphatic carboxylic acids is 1. The lowest BCUT2D eigenvalue weighted by atomic mass is 10.4. The van der Waals surface area contributed by atoms with Crippen molar-refractivity contribution >= 4 is 37.7 Å². The Hall–Kier alpha value is -1.94. The van der Waals surface area contributed by atoms with Crippen molar-refractivity contribution in [1.82, 2.24) is 14.8 Å². The molecule has 21 heavy (non-hydrogen) atoms. The Labute approximate surface area is 129 Å². The number of pyridine rings is 1. The molecule has 0 aliphatic heterocycles. The molecule has 2 aromatic heterocycles. The highest BCUT2D eigenvalue weighted by atomic mass is 79.9. The summed E-state index contributed by atoms with van der Waals surface area (Å²) in [5.74, 6) is -0.818. The van der Waals surface area contributed by atoms with E-state index in [9.17, 15) is 13.2 Å². The fourth-order valence-electron chi connectivity index (χ4n) is 1.46. The summed E-state index contributed by atoms with van der Waals surface area (Å²) in [4.78, 5) is 14.3. The fourth-order valence-corrected chi connectivity index (χ4v) is 2.93. The van der Waals surface area contributed by atoms with E-state index in [0.29, 0.717) is 4.47 Å². The molecule has 2 aromatic rings. The standard InChI is InChI=1S/C11H11BrN4O4S/c12-9-2-1-4-13-11(9)15-21(19,20)8-6-14-16(7-8)5-3-10(17)18/h1-2,4,6-7H,3,5H2,(H,13,15)(H,17,18). The van der Waals surface area contributed by atoms with E-state index in [1.807, 2.05) is 0 Å². The lowest BCUT2D eigenvalue weighted by Crippen LogP contribution is -2.13. The second-order valence-corrected chi connectivity index (χ2v) is 6.56. The van der Waals surface area contributed by atoms with Gasteiger partial charge in [-0.25, -0.2) is 13.4 Å². The number of aromatic nitrogens is 3. The van der Waals surface area contributed by atoms with Crippen LogP contribution in [0.4, 0.5) is 5.82 Å². The minimum Gasteiger partial charge on any atom is -0.481 e. The number of aryl methyl sites for hydroxylation is 1. The molecule has 2 N–H and O–H groups in total. The summed E-state index contributed by atoms with van der Waals surface area (Å²) in [5.41, 5.74) is 0. The Morgan fingerprint density at radius 2 is 2.24 bits per heavy atom. The normalized spacial score (nSPS) is 11.3. The van der Waals surface area contributed by atoms with Crippen molar-refractivity contribution in [1.29, 1.82) is 0 Å². The van der Waals surface area contributed by atoms with Crippen molar-refractivity contribution in [3.63, 3.8) is 0 Å². The molecule has 0 spiro atoms. The topological polar surface area (TPSA) is 114 Å². The van der Waals surface area contributed by atoms with Gasteiger partial charge in [0.1, 0.15) is 4.90 Å². The van der Waals surface area contributed by atoms with Gasteiger partial charge in [-0.05, 0) is 28.1 Å². The van der Waals surface area contributed by atoms with Crippen molar-refractivity contribution in [2.24, 2.45) is 0 Å². The minimum absolute atomic E-state index is 0.0644. The summed E-state index contributed by atoms with van der Waals surface area (Å²) in [6, 6.07) is 3.31. The third-order valence-electron chi connectivity index (χ3n) is 2.46. The van der Waals surface area contributed by atoms with Crippen LogP contribution in [0.3, 0.4) is 0 Å². The number of sulfonamides is 1. The van der Waals surface area contributed by atoms with Gasteiger partial charge in [0.2, 0.25) is 0 Å². The van der Waals surface area contributed by atoms with Gasteiger partial charge < -0.3 is 5.11 Å². The predicted molar refractivity (Wildman–Crippen MR) is 77.2 cm³/mol. The molecule has 8 nitrogen and oxygen atoms in total. The van der Waals surface area contributed by atoms with Crippen LogP contribution >= 0.6 is 15.9 Å². The van der Waals surface area contributed by atoms with Gasteiger partial charge >= 0.3 is 5.97 Å². The van der Waals surface area contributed by atoms with Gasteiger partial charge in [0, 0.05) is 12.4 Å². The number of nitrogens with one attached hydrogen (secondary N) is 1. The Morgan fingerprint density at radius 3 is 2.90 bits per heavy atom. The first kappa shape index (κ1) is 15.4. The van der Waals surface area contributed by atoms with E-state index < -0.39 is 16.0 Å². The third-order valence-corrected chi connectivity index (χ3v) is 4.40. The van der Waals surface area contributed by atoms with Gasteiger partial charge in [0.05, 0.1) is 23.6 Å². The second kappa shape index (κ2) is 6.22. The fraction of sp³-hybridized carbons (Fsp3) is 0.182. The Balaban J connectivity index is 2.17. The zero-order valence-electron chi connectivity index (χ0n) is 10.6. The number of carboxylic acid groups (broad SMARTS) is 1. The summed E-state index contributed by atoms with van der Waals surface area (Å²) < 4.78 is 28.4. The van der Waals surface area contributed by atoms with Crippen LogP contribution in [0.15, 0.2) is 40.1 Å². The van der Waals surface area contributed by atoms with Crippen molar-refractivity contribution in [2.45, 2.75) is 17.9 Å². The van der Waals surface area contributed by atoms with E-state index in [-0.39, 0.29) is 23.7 Å². The summed E-state index contributed by atoms with van der Waals surface area (Å²) in [6.07, 6.45) is 3.74. The molecule has 0 atom stereocenters. The number of hydrogen-bond donors (Lipinski definition) is 2.